The molecule has 0 bridgehead atoms. The second-order valence-electron chi connectivity index (χ2n) is 1.81. The summed E-state index contributed by atoms with van der Waals surface area (Å²) in [4.78, 5) is 4.10. The van der Waals surface area contributed by atoms with Gasteiger partial charge in [-0.25, -0.2) is 0 Å². The molecule has 1 nitrogen and oxygen atoms in total. The van der Waals surface area contributed by atoms with Gasteiger partial charge in [-0.1, -0.05) is 12.1 Å². The van der Waals surface area contributed by atoms with E-state index < -0.39 is 0 Å². The van der Waals surface area contributed by atoms with Gasteiger partial charge in [0.2, 0.25) is 0 Å². The monoisotopic (exact) mass is 119 g/mol. The molecular formula is C8H9N. The minimum Gasteiger partial charge on any atom is -0.261 e. The van der Waals surface area contributed by atoms with Crippen molar-refractivity contribution in [2.45, 2.75) is 6.42 Å². The normalized spacial score (nSPS) is 8.89. The molecule has 0 aliphatic rings. The molecule has 0 radical (unpaired) electrons. The van der Waals surface area contributed by atoms with Crippen LogP contribution < -0.4 is 0 Å². The highest BCUT2D eigenvalue weighted by atomic mass is 14.7. The van der Waals surface area contributed by atoms with Crippen molar-refractivity contribution in [1.82, 2.24) is 4.98 Å². The second kappa shape index (κ2) is 3.02. The lowest BCUT2D eigenvalue weighted by Gasteiger charge is -1.90. The summed E-state index contributed by atoms with van der Waals surface area (Å²) in [6.07, 6.45) is 4.50. The van der Waals surface area contributed by atoms with E-state index >= 15 is 0 Å². The summed E-state index contributed by atoms with van der Waals surface area (Å²) in [5, 5.41) is 0. The van der Waals surface area contributed by atoms with Crippen molar-refractivity contribution in [2.75, 3.05) is 0 Å². The largest absolute Gasteiger partial charge is 0.261 e. The number of allylic oxidation sites excluding steroid dienone is 1. The molecule has 0 aliphatic heterocycles. The Labute approximate surface area is 55.1 Å². The fourth-order valence-corrected chi connectivity index (χ4v) is 0.667. The summed E-state index contributed by atoms with van der Waals surface area (Å²) in [5.74, 6) is 0. The Kier molecular flexibility index (Phi) is 2.02. The van der Waals surface area contributed by atoms with Gasteiger partial charge in [-0.05, 0) is 12.1 Å². The van der Waals surface area contributed by atoms with E-state index in [0.717, 1.165) is 12.1 Å². The van der Waals surface area contributed by atoms with Crippen LogP contribution >= 0.6 is 0 Å². The SMILES string of the molecule is C=CCc1ccccn1. The Morgan fingerprint density at radius 1 is 1.56 bits per heavy atom. The van der Waals surface area contributed by atoms with E-state index in [1.165, 1.54) is 0 Å². The molecule has 0 spiro atoms. The molecule has 9 heavy (non-hydrogen) atoms. The summed E-state index contributed by atoms with van der Waals surface area (Å²) in [5.41, 5.74) is 1.08. The van der Waals surface area contributed by atoms with Gasteiger partial charge >= 0.3 is 0 Å². The molecule has 1 aromatic heterocycles. The lowest BCUT2D eigenvalue weighted by molar-refractivity contribution is 1.11. The maximum atomic E-state index is 4.10. The predicted octanol–water partition coefficient (Wildman–Crippen LogP) is 1.81. The molecular weight excluding hydrogens is 110 g/mol. The average Bonchev–Trinajstić information content (AvgIpc) is 1.91. The first-order chi connectivity index (χ1) is 4.43. The van der Waals surface area contributed by atoms with Crippen LogP contribution in [0.25, 0.3) is 0 Å². The number of rotatable bonds is 2. The van der Waals surface area contributed by atoms with E-state index in [4.69, 9.17) is 0 Å². The highest BCUT2D eigenvalue weighted by Crippen LogP contribution is 1.93. The lowest BCUT2D eigenvalue weighted by atomic mass is 10.3. The van der Waals surface area contributed by atoms with Crippen LogP contribution in [0.3, 0.4) is 0 Å². The Morgan fingerprint density at radius 3 is 3.00 bits per heavy atom. The molecule has 0 unspecified atom stereocenters. The fourth-order valence-electron chi connectivity index (χ4n) is 0.667. The molecule has 0 fully saturated rings. The zero-order chi connectivity index (χ0) is 6.53. The number of hydrogen-bond donors (Lipinski definition) is 0. The zero-order valence-electron chi connectivity index (χ0n) is 5.25. The van der Waals surface area contributed by atoms with E-state index in [-0.39, 0.29) is 0 Å². The second-order valence-corrected chi connectivity index (χ2v) is 1.81. The van der Waals surface area contributed by atoms with E-state index in [1.807, 2.05) is 24.3 Å². The molecule has 0 saturated carbocycles. The van der Waals surface area contributed by atoms with Gasteiger partial charge in [0.05, 0.1) is 0 Å². The molecule has 0 aromatic carbocycles. The lowest BCUT2D eigenvalue weighted by Crippen LogP contribution is -1.82. The van der Waals surface area contributed by atoms with Gasteiger partial charge in [0.25, 0.3) is 0 Å². The summed E-state index contributed by atoms with van der Waals surface area (Å²) in [6, 6.07) is 5.88. The summed E-state index contributed by atoms with van der Waals surface area (Å²) in [7, 11) is 0. The maximum absolute atomic E-state index is 4.10. The smallest absolute Gasteiger partial charge is 0.0441 e. The van der Waals surface area contributed by atoms with E-state index in [9.17, 15) is 0 Å². The van der Waals surface area contributed by atoms with Crippen LogP contribution in [0.15, 0.2) is 37.1 Å². The first-order valence-corrected chi connectivity index (χ1v) is 2.94. The van der Waals surface area contributed by atoms with Crippen LogP contribution in [0.4, 0.5) is 0 Å². The molecule has 46 valence electrons. The molecule has 0 saturated heterocycles. The van der Waals surface area contributed by atoms with Gasteiger partial charge in [0, 0.05) is 18.3 Å². The summed E-state index contributed by atoms with van der Waals surface area (Å²) < 4.78 is 0. The third kappa shape index (κ3) is 1.68. The third-order valence-electron chi connectivity index (χ3n) is 1.08. The summed E-state index contributed by atoms with van der Waals surface area (Å²) in [6.45, 7) is 3.62. The van der Waals surface area contributed by atoms with Crippen LogP contribution in [0.1, 0.15) is 5.69 Å². The van der Waals surface area contributed by atoms with Crippen LogP contribution in [-0.2, 0) is 6.42 Å². The first kappa shape index (κ1) is 6.02. The van der Waals surface area contributed by atoms with Gasteiger partial charge in [-0.15, -0.1) is 6.58 Å². The molecule has 1 heteroatoms. The van der Waals surface area contributed by atoms with Gasteiger partial charge in [-0.2, -0.15) is 0 Å². The number of aromatic nitrogens is 1. The number of pyridine rings is 1. The van der Waals surface area contributed by atoms with Crippen molar-refractivity contribution in [2.24, 2.45) is 0 Å². The van der Waals surface area contributed by atoms with Gasteiger partial charge in [0.1, 0.15) is 0 Å². The van der Waals surface area contributed by atoms with Crippen molar-refractivity contribution in [3.05, 3.63) is 42.7 Å². The van der Waals surface area contributed by atoms with Crippen molar-refractivity contribution in [3.8, 4) is 0 Å². The van der Waals surface area contributed by atoms with Crippen LogP contribution in [0.5, 0.6) is 0 Å². The highest BCUT2D eigenvalue weighted by molar-refractivity contribution is 5.06. The van der Waals surface area contributed by atoms with Crippen molar-refractivity contribution in [3.63, 3.8) is 0 Å². The Hall–Kier alpha value is -1.11. The molecule has 0 atom stereocenters. The van der Waals surface area contributed by atoms with Crippen LogP contribution in [0, 0.1) is 0 Å². The standard InChI is InChI=1S/C8H9N/c1-2-5-8-6-3-4-7-9-8/h2-4,6-7H,1,5H2. The molecule has 0 aliphatic carbocycles. The minimum absolute atomic E-state index is 0.862. The van der Waals surface area contributed by atoms with Gasteiger partial charge in [-0.3, -0.25) is 4.98 Å². The Bertz CT molecular complexity index is 179. The number of hydrogen-bond acceptors (Lipinski definition) is 1. The van der Waals surface area contributed by atoms with Gasteiger partial charge in [0.15, 0.2) is 0 Å². The molecule has 1 heterocycles. The van der Waals surface area contributed by atoms with Crippen LogP contribution in [-0.4, -0.2) is 4.98 Å². The molecule has 1 rings (SSSR count). The minimum atomic E-state index is 0.862. The first-order valence-electron chi connectivity index (χ1n) is 2.94. The topological polar surface area (TPSA) is 12.9 Å². The average molecular weight is 119 g/mol. The quantitative estimate of drug-likeness (QED) is 0.541. The predicted molar refractivity (Wildman–Crippen MR) is 38.1 cm³/mol. The van der Waals surface area contributed by atoms with Crippen molar-refractivity contribution in [1.29, 1.82) is 0 Å². The number of nitrogens with zero attached hydrogens (tertiary/aromatic N) is 1. The Morgan fingerprint density at radius 2 is 2.44 bits per heavy atom. The highest BCUT2D eigenvalue weighted by Gasteiger charge is 1.83. The van der Waals surface area contributed by atoms with Gasteiger partial charge < -0.3 is 0 Å². The van der Waals surface area contributed by atoms with E-state index in [2.05, 4.69) is 11.6 Å². The van der Waals surface area contributed by atoms with Crippen molar-refractivity contribution < 1.29 is 0 Å². The maximum Gasteiger partial charge on any atom is 0.0441 e. The van der Waals surface area contributed by atoms with E-state index in [0.29, 0.717) is 0 Å². The fraction of sp³-hybridized carbons (Fsp3) is 0.125. The zero-order valence-corrected chi connectivity index (χ0v) is 5.25. The molecule has 0 N–H and O–H groups in total. The Balaban J connectivity index is 2.72. The van der Waals surface area contributed by atoms with E-state index in [1.54, 1.807) is 6.20 Å². The van der Waals surface area contributed by atoms with Crippen LogP contribution in [0.2, 0.25) is 0 Å². The molecule has 1 aromatic rings. The third-order valence-corrected chi connectivity index (χ3v) is 1.08. The molecule has 0 amide bonds. The van der Waals surface area contributed by atoms with Crippen molar-refractivity contribution >= 4 is 0 Å². The summed E-state index contributed by atoms with van der Waals surface area (Å²) >= 11 is 0.